The molecule has 3 fully saturated rings. The van der Waals surface area contributed by atoms with Gasteiger partial charge in [-0.3, -0.25) is 0 Å². The Morgan fingerprint density at radius 3 is 2.53 bits per heavy atom. The van der Waals surface area contributed by atoms with Gasteiger partial charge in [0, 0.05) is 18.7 Å². The van der Waals surface area contributed by atoms with Crippen LogP contribution in [-0.4, -0.2) is 36.0 Å². The number of aliphatic hydroxyl groups excluding tert-OH is 1. The summed E-state index contributed by atoms with van der Waals surface area (Å²) < 4.78 is 5.85. The van der Waals surface area contributed by atoms with Crippen LogP contribution >= 0.6 is 0 Å². The Hall–Kier alpha value is -0.120. The first-order valence-corrected chi connectivity index (χ1v) is 7.40. The van der Waals surface area contributed by atoms with Gasteiger partial charge in [-0.1, -0.05) is 19.3 Å². The molecule has 4 atom stereocenters. The van der Waals surface area contributed by atoms with Crippen LogP contribution in [0.1, 0.15) is 51.4 Å². The average Bonchev–Trinajstić information content (AvgIpc) is 3.09. The third-order valence-corrected chi connectivity index (χ3v) is 4.63. The van der Waals surface area contributed by atoms with Crippen molar-refractivity contribution in [1.29, 1.82) is 0 Å². The molecular formula is C14H25NO2. The zero-order chi connectivity index (χ0) is 11.7. The number of nitrogens with one attached hydrogen (secondary N) is 1. The van der Waals surface area contributed by atoms with Crippen molar-refractivity contribution in [1.82, 2.24) is 5.32 Å². The Labute approximate surface area is 104 Å². The van der Waals surface area contributed by atoms with Gasteiger partial charge in [-0.15, -0.1) is 0 Å². The molecule has 4 unspecified atom stereocenters. The lowest BCUT2D eigenvalue weighted by atomic mass is 10.0. The standard InChI is InChI=1S/C14H25NO2/c16-13-5-3-1-2-4-11(13)15-12-8-9-17-14(12)10-6-7-10/h10-16H,1-9H2. The summed E-state index contributed by atoms with van der Waals surface area (Å²) in [5.41, 5.74) is 0. The van der Waals surface area contributed by atoms with E-state index in [0.29, 0.717) is 18.2 Å². The highest BCUT2D eigenvalue weighted by Gasteiger charge is 2.41. The molecule has 0 aromatic heterocycles. The topological polar surface area (TPSA) is 41.5 Å². The van der Waals surface area contributed by atoms with Gasteiger partial charge in [0.25, 0.3) is 0 Å². The highest BCUT2D eigenvalue weighted by atomic mass is 16.5. The Bertz CT molecular complexity index is 255. The van der Waals surface area contributed by atoms with Gasteiger partial charge in [0.2, 0.25) is 0 Å². The van der Waals surface area contributed by atoms with Crippen LogP contribution in [0.15, 0.2) is 0 Å². The van der Waals surface area contributed by atoms with E-state index in [1.54, 1.807) is 0 Å². The minimum absolute atomic E-state index is 0.141. The molecule has 2 N–H and O–H groups in total. The van der Waals surface area contributed by atoms with Crippen LogP contribution in [0.3, 0.4) is 0 Å². The predicted octanol–water partition coefficient (Wildman–Crippen LogP) is 1.84. The molecule has 3 rings (SSSR count). The third kappa shape index (κ3) is 2.83. The number of aliphatic hydroxyl groups is 1. The number of hydrogen-bond donors (Lipinski definition) is 2. The van der Waals surface area contributed by atoms with E-state index < -0.39 is 0 Å². The fraction of sp³-hybridized carbons (Fsp3) is 1.00. The second-order valence-electron chi connectivity index (χ2n) is 6.05. The van der Waals surface area contributed by atoms with E-state index in [-0.39, 0.29) is 6.10 Å². The Morgan fingerprint density at radius 2 is 1.71 bits per heavy atom. The molecule has 1 saturated heterocycles. The molecule has 0 radical (unpaired) electrons. The summed E-state index contributed by atoms with van der Waals surface area (Å²) in [5, 5.41) is 13.9. The van der Waals surface area contributed by atoms with E-state index in [1.165, 1.54) is 32.1 Å². The van der Waals surface area contributed by atoms with Crippen molar-refractivity contribution < 1.29 is 9.84 Å². The van der Waals surface area contributed by atoms with Crippen LogP contribution in [0.5, 0.6) is 0 Å². The summed E-state index contributed by atoms with van der Waals surface area (Å²) in [4.78, 5) is 0. The van der Waals surface area contributed by atoms with Crippen LogP contribution in [0.2, 0.25) is 0 Å². The molecule has 3 heteroatoms. The van der Waals surface area contributed by atoms with Crippen LogP contribution in [0.25, 0.3) is 0 Å². The average molecular weight is 239 g/mol. The van der Waals surface area contributed by atoms with Crippen molar-refractivity contribution in [3.05, 3.63) is 0 Å². The van der Waals surface area contributed by atoms with Crippen molar-refractivity contribution in [2.24, 2.45) is 5.92 Å². The minimum Gasteiger partial charge on any atom is -0.392 e. The van der Waals surface area contributed by atoms with Gasteiger partial charge in [0.1, 0.15) is 0 Å². The summed E-state index contributed by atoms with van der Waals surface area (Å²) in [6.45, 7) is 0.904. The van der Waals surface area contributed by atoms with Crippen molar-refractivity contribution in [2.75, 3.05) is 6.61 Å². The van der Waals surface area contributed by atoms with E-state index in [4.69, 9.17) is 4.74 Å². The summed E-state index contributed by atoms with van der Waals surface area (Å²) in [6.07, 6.45) is 9.94. The lowest BCUT2D eigenvalue weighted by Gasteiger charge is -2.28. The molecule has 0 aromatic carbocycles. The monoisotopic (exact) mass is 239 g/mol. The second kappa shape index (κ2) is 5.25. The maximum Gasteiger partial charge on any atom is 0.0757 e. The number of hydrogen-bond acceptors (Lipinski definition) is 3. The van der Waals surface area contributed by atoms with E-state index in [0.717, 1.165) is 31.8 Å². The molecule has 3 aliphatic rings. The zero-order valence-electron chi connectivity index (χ0n) is 10.6. The largest absolute Gasteiger partial charge is 0.392 e. The summed E-state index contributed by atoms with van der Waals surface area (Å²) in [6, 6.07) is 0.811. The first-order chi connectivity index (χ1) is 8.34. The maximum absolute atomic E-state index is 10.1. The minimum atomic E-state index is -0.141. The summed E-state index contributed by atoms with van der Waals surface area (Å²) in [5.74, 6) is 0.804. The lowest BCUT2D eigenvalue weighted by Crippen LogP contribution is -2.48. The molecule has 2 saturated carbocycles. The second-order valence-corrected chi connectivity index (χ2v) is 6.05. The lowest BCUT2D eigenvalue weighted by molar-refractivity contribution is 0.0653. The zero-order valence-corrected chi connectivity index (χ0v) is 10.6. The first kappa shape index (κ1) is 11.9. The molecular weight excluding hydrogens is 214 g/mol. The Morgan fingerprint density at radius 1 is 0.882 bits per heavy atom. The fourth-order valence-corrected chi connectivity index (χ4v) is 3.44. The van der Waals surface area contributed by atoms with Gasteiger partial charge >= 0.3 is 0 Å². The Balaban J connectivity index is 1.56. The van der Waals surface area contributed by atoms with Crippen molar-refractivity contribution in [3.63, 3.8) is 0 Å². The number of rotatable bonds is 3. The predicted molar refractivity (Wildman–Crippen MR) is 66.9 cm³/mol. The van der Waals surface area contributed by atoms with Crippen molar-refractivity contribution >= 4 is 0 Å². The summed E-state index contributed by atoms with van der Waals surface area (Å²) >= 11 is 0. The molecule has 0 spiro atoms. The smallest absolute Gasteiger partial charge is 0.0757 e. The number of ether oxygens (including phenoxy) is 1. The molecule has 98 valence electrons. The van der Waals surface area contributed by atoms with E-state index in [1.807, 2.05) is 0 Å². The van der Waals surface area contributed by atoms with Gasteiger partial charge < -0.3 is 15.2 Å². The summed E-state index contributed by atoms with van der Waals surface area (Å²) in [7, 11) is 0. The van der Waals surface area contributed by atoms with Crippen LogP contribution in [0, 0.1) is 5.92 Å². The molecule has 0 amide bonds. The van der Waals surface area contributed by atoms with Gasteiger partial charge in [0.15, 0.2) is 0 Å². The Kier molecular flexibility index (Phi) is 3.69. The fourth-order valence-electron chi connectivity index (χ4n) is 3.44. The van der Waals surface area contributed by atoms with Gasteiger partial charge in [-0.2, -0.15) is 0 Å². The molecule has 1 heterocycles. The van der Waals surface area contributed by atoms with Gasteiger partial charge in [-0.25, -0.2) is 0 Å². The van der Waals surface area contributed by atoms with E-state index in [2.05, 4.69) is 5.32 Å². The molecule has 0 aromatic rings. The molecule has 3 nitrogen and oxygen atoms in total. The van der Waals surface area contributed by atoms with Crippen molar-refractivity contribution in [2.45, 2.75) is 75.7 Å². The van der Waals surface area contributed by atoms with E-state index in [9.17, 15) is 5.11 Å². The van der Waals surface area contributed by atoms with Gasteiger partial charge in [0.05, 0.1) is 12.2 Å². The first-order valence-electron chi connectivity index (χ1n) is 7.40. The SMILES string of the molecule is OC1CCCCCC1NC1CCOC1C1CC1. The van der Waals surface area contributed by atoms with E-state index >= 15 is 0 Å². The van der Waals surface area contributed by atoms with Gasteiger partial charge in [-0.05, 0) is 38.0 Å². The molecule has 1 aliphatic heterocycles. The van der Waals surface area contributed by atoms with Crippen LogP contribution < -0.4 is 5.32 Å². The highest BCUT2D eigenvalue weighted by Crippen LogP contribution is 2.39. The third-order valence-electron chi connectivity index (χ3n) is 4.63. The molecule has 0 bridgehead atoms. The quantitative estimate of drug-likeness (QED) is 0.738. The molecule has 2 aliphatic carbocycles. The van der Waals surface area contributed by atoms with Crippen LogP contribution in [-0.2, 0) is 4.74 Å². The normalized spacial score (nSPS) is 43.6. The van der Waals surface area contributed by atoms with Crippen molar-refractivity contribution in [3.8, 4) is 0 Å². The molecule has 17 heavy (non-hydrogen) atoms. The highest BCUT2D eigenvalue weighted by molar-refractivity contribution is 4.95. The van der Waals surface area contributed by atoms with Crippen LogP contribution in [0.4, 0.5) is 0 Å². The maximum atomic E-state index is 10.1.